The Bertz CT molecular complexity index is 2820. The van der Waals surface area contributed by atoms with Gasteiger partial charge in [0.2, 0.25) is 0 Å². The molecule has 0 fully saturated rings. The van der Waals surface area contributed by atoms with Crippen molar-refractivity contribution >= 4 is 53.4 Å². The molecule has 50 heavy (non-hydrogen) atoms. The molecule has 4 nitrogen and oxygen atoms in total. The Kier molecular flexibility index (Phi) is 6.64. The molecule has 0 saturated carbocycles. The van der Waals surface area contributed by atoms with Crippen molar-refractivity contribution in [2.24, 2.45) is 0 Å². The summed E-state index contributed by atoms with van der Waals surface area (Å²) in [6, 6.07) is 56.9. The van der Waals surface area contributed by atoms with Gasteiger partial charge in [-0.15, -0.1) is 11.3 Å². The van der Waals surface area contributed by atoms with Gasteiger partial charge in [0.25, 0.3) is 0 Å². The van der Waals surface area contributed by atoms with Gasteiger partial charge in [0.15, 0.2) is 17.5 Å². The number of rotatable bonds is 5. The van der Waals surface area contributed by atoms with Crippen LogP contribution in [0.5, 0.6) is 0 Å². The van der Waals surface area contributed by atoms with Crippen LogP contribution in [-0.4, -0.2) is 15.0 Å². The summed E-state index contributed by atoms with van der Waals surface area (Å²) < 4.78 is 8.79. The van der Waals surface area contributed by atoms with Crippen molar-refractivity contribution < 1.29 is 4.42 Å². The molecule has 0 aliphatic heterocycles. The summed E-state index contributed by atoms with van der Waals surface area (Å²) >= 11 is 1.84. The van der Waals surface area contributed by atoms with Gasteiger partial charge in [-0.05, 0) is 47.0 Å². The van der Waals surface area contributed by atoms with Gasteiger partial charge >= 0.3 is 0 Å². The zero-order valence-electron chi connectivity index (χ0n) is 26.7. The Morgan fingerprint density at radius 3 is 1.72 bits per heavy atom. The van der Waals surface area contributed by atoms with E-state index in [0.717, 1.165) is 55.3 Å². The molecule has 0 amide bonds. The minimum absolute atomic E-state index is 0.625. The second-order valence-electron chi connectivity index (χ2n) is 12.4. The Balaban J connectivity index is 1.23. The quantitative estimate of drug-likeness (QED) is 0.185. The van der Waals surface area contributed by atoms with Crippen molar-refractivity contribution in [3.63, 3.8) is 0 Å². The molecule has 0 radical (unpaired) electrons. The summed E-state index contributed by atoms with van der Waals surface area (Å²) in [4.78, 5) is 15.1. The van der Waals surface area contributed by atoms with Crippen LogP contribution >= 0.6 is 11.3 Å². The standard InChI is InChI=1S/C45H27N3OS/c1-3-12-28(13-4-1)43-46-44(29-14-5-2-6-15-29)48-45(47-43)31-22-24-32(35-18-11-19-36-34-17-8-10-21-41(34)50-42(35)36)37(27-31)30-23-25-40-38(26-30)33-16-7-9-20-39(33)49-40/h1-27H. The van der Waals surface area contributed by atoms with Crippen LogP contribution in [0.3, 0.4) is 0 Å². The van der Waals surface area contributed by atoms with Crippen molar-refractivity contribution in [3.05, 3.63) is 164 Å². The van der Waals surface area contributed by atoms with Gasteiger partial charge in [0, 0.05) is 53.2 Å². The minimum atomic E-state index is 0.625. The zero-order valence-corrected chi connectivity index (χ0v) is 27.6. The lowest BCUT2D eigenvalue weighted by Gasteiger charge is -2.14. The molecule has 10 aromatic rings. The average Bonchev–Trinajstić information content (AvgIpc) is 3.76. The summed E-state index contributed by atoms with van der Waals surface area (Å²) in [5.74, 6) is 1.91. The van der Waals surface area contributed by atoms with Crippen LogP contribution in [0.25, 0.3) is 98.5 Å². The number of thiophene rings is 1. The highest BCUT2D eigenvalue weighted by molar-refractivity contribution is 7.26. The van der Waals surface area contributed by atoms with Crippen LogP contribution in [0, 0.1) is 0 Å². The van der Waals surface area contributed by atoms with Crippen LogP contribution in [0.1, 0.15) is 0 Å². The molecule has 5 heteroatoms. The van der Waals surface area contributed by atoms with Gasteiger partial charge in [-0.25, -0.2) is 15.0 Å². The fraction of sp³-hybridized carbons (Fsp3) is 0. The molecule has 0 bridgehead atoms. The van der Waals surface area contributed by atoms with Crippen LogP contribution in [0.4, 0.5) is 0 Å². The van der Waals surface area contributed by atoms with E-state index in [0.29, 0.717) is 17.5 Å². The smallest absolute Gasteiger partial charge is 0.164 e. The second-order valence-corrected chi connectivity index (χ2v) is 13.4. The molecule has 7 aromatic carbocycles. The van der Waals surface area contributed by atoms with E-state index < -0.39 is 0 Å². The molecular formula is C45H27N3OS. The highest BCUT2D eigenvalue weighted by atomic mass is 32.1. The van der Waals surface area contributed by atoms with E-state index >= 15 is 0 Å². The summed E-state index contributed by atoms with van der Waals surface area (Å²) in [5, 5.41) is 4.75. The molecule has 0 unspecified atom stereocenters. The van der Waals surface area contributed by atoms with E-state index in [1.807, 2.05) is 84.1 Å². The third-order valence-corrected chi connectivity index (χ3v) is 10.6. The molecule has 3 aromatic heterocycles. The molecule has 0 atom stereocenters. The Hall–Kier alpha value is -6.43. The summed E-state index contributed by atoms with van der Waals surface area (Å²) in [6.45, 7) is 0. The van der Waals surface area contributed by atoms with Crippen LogP contribution in [-0.2, 0) is 0 Å². The van der Waals surface area contributed by atoms with Gasteiger partial charge in [-0.1, -0.05) is 133 Å². The van der Waals surface area contributed by atoms with Crippen LogP contribution < -0.4 is 0 Å². The van der Waals surface area contributed by atoms with E-state index in [1.165, 1.54) is 25.7 Å². The predicted molar refractivity (Wildman–Crippen MR) is 207 cm³/mol. The van der Waals surface area contributed by atoms with Crippen LogP contribution in [0.2, 0.25) is 0 Å². The van der Waals surface area contributed by atoms with Gasteiger partial charge < -0.3 is 4.42 Å². The van der Waals surface area contributed by atoms with Crippen molar-refractivity contribution in [2.75, 3.05) is 0 Å². The lowest BCUT2D eigenvalue weighted by Crippen LogP contribution is -2.00. The third kappa shape index (κ3) is 4.79. The highest BCUT2D eigenvalue weighted by Crippen LogP contribution is 2.44. The lowest BCUT2D eigenvalue weighted by molar-refractivity contribution is 0.669. The van der Waals surface area contributed by atoms with Gasteiger partial charge in [-0.2, -0.15) is 0 Å². The molecule has 10 rings (SSSR count). The largest absolute Gasteiger partial charge is 0.456 e. The topological polar surface area (TPSA) is 51.8 Å². The highest BCUT2D eigenvalue weighted by Gasteiger charge is 2.19. The van der Waals surface area contributed by atoms with Crippen molar-refractivity contribution in [3.8, 4) is 56.4 Å². The van der Waals surface area contributed by atoms with Gasteiger partial charge in [-0.3, -0.25) is 0 Å². The van der Waals surface area contributed by atoms with Crippen molar-refractivity contribution in [1.82, 2.24) is 15.0 Å². The fourth-order valence-electron chi connectivity index (χ4n) is 6.95. The predicted octanol–water partition coefficient (Wildman–Crippen LogP) is 12.5. The maximum atomic E-state index is 6.23. The monoisotopic (exact) mass is 657 g/mol. The van der Waals surface area contributed by atoms with Crippen LogP contribution in [0.15, 0.2) is 168 Å². The van der Waals surface area contributed by atoms with E-state index in [1.54, 1.807) is 0 Å². The number of para-hydroxylation sites is 1. The van der Waals surface area contributed by atoms with E-state index in [-0.39, 0.29) is 0 Å². The number of hydrogen-bond acceptors (Lipinski definition) is 5. The second kappa shape index (κ2) is 11.6. The number of nitrogens with zero attached hydrogens (tertiary/aromatic N) is 3. The number of benzene rings is 7. The first-order valence-corrected chi connectivity index (χ1v) is 17.4. The number of furan rings is 1. The Labute approximate surface area is 292 Å². The van der Waals surface area contributed by atoms with Gasteiger partial charge in [0.05, 0.1) is 0 Å². The molecular weight excluding hydrogens is 631 g/mol. The summed E-state index contributed by atoms with van der Waals surface area (Å²) in [5.41, 5.74) is 9.11. The fourth-order valence-corrected chi connectivity index (χ4v) is 8.18. The molecule has 234 valence electrons. The SMILES string of the molecule is c1ccc(-c2nc(-c3ccccc3)nc(-c3ccc(-c4cccc5c4sc4ccccc45)c(-c4ccc5oc6ccccc6c5c4)c3)n2)cc1. The molecule has 0 saturated heterocycles. The molecule has 0 aliphatic rings. The maximum absolute atomic E-state index is 6.23. The number of fused-ring (bicyclic) bond motifs is 6. The first-order valence-electron chi connectivity index (χ1n) is 16.6. The number of aromatic nitrogens is 3. The first kappa shape index (κ1) is 28.6. The lowest BCUT2D eigenvalue weighted by atomic mass is 9.91. The number of hydrogen-bond donors (Lipinski definition) is 0. The Morgan fingerprint density at radius 2 is 0.960 bits per heavy atom. The van der Waals surface area contributed by atoms with Crippen molar-refractivity contribution in [2.45, 2.75) is 0 Å². The Morgan fingerprint density at radius 1 is 0.360 bits per heavy atom. The first-order chi connectivity index (χ1) is 24.8. The van der Waals surface area contributed by atoms with E-state index in [2.05, 4.69) is 91.0 Å². The molecule has 3 heterocycles. The average molecular weight is 658 g/mol. The van der Waals surface area contributed by atoms with E-state index in [4.69, 9.17) is 19.4 Å². The summed E-state index contributed by atoms with van der Waals surface area (Å²) in [7, 11) is 0. The van der Waals surface area contributed by atoms with E-state index in [9.17, 15) is 0 Å². The summed E-state index contributed by atoms with van der Waals surface area (Å²) in [6.07, 6.45) is 0. The zero-order chi connectivity index (χ0) is 33.0. The normalized spacial score (nSPS) is 11.6. The van der Waals surface area contributed by atoms with Crippen molar-refractivity contribution in [1.29, 1.82) is 0 Å². The van der Waals surface area contributed by atoms with Gasteiger partial charge in [0.1, 0.15) is 11.2 Å². The minimum Gasteiger partial charge on any atom is -0.456 e. The maximum Gasteiger partial charge on any atom is 0.164 e. The molecule has 0 N–H and O–H groups in total. The molecule has 0 spiro atoms. The molecule has 0 aliphatic carbocycles. The third-order valence-electron chi connectivity index (χ3n) is 9.36.